The molecule has 4 nitrogen and oxygen atoms in total. The summed E-state index contributed by atoms with van der Waals surface area (Å²) in [5, 5.41) is 13.2. The van der Waals surface area contributed by atoms with Gasteiger partial charge in [0.05, 0.1) is 7.11 Å². The van der Waals surface area contributed by atoms with Gasteiger partial charge in [-0.15, -0.1) is 0 Å². The summed E-state index contributed by atoms with van der Waals surface area (Å²) < 4.78 is 5.22. The van der Waals surface area contributed by atoms with E-state index >= 15 is 0 Å². The highest BCUT2D eigenvalue weighted by Crippen LogP contribution is 2.31. The molecule has 1 saturated heterocycles. The minimum Gasteiger partial charge on any atom is -0.504 e. The quantitative estimate of drug-likeness (QED) is 0.846. The Balaban J connectivity index is 2.06. The molecule has 0 saturated carbocycles. The molecule has 4 heteroatoms. The Bertz CT molecular complexity index is 444. The van der Waals surface area contributed by atoms with Crippen LogP contribution in [0.1, 0.15) is 38.3 Å². The first-order valence-corrected chi connectivity index (χ1v) is 7.97. The number of hydrogen-bond donors (Lipinski definition) is 2. The maximum Gasteiger partial charge on any atom is 0.160 e. The van der Waals surface area contributed by atoms with Gasteiger partial charge < -0.3 is 15.2 Å². The molecule has 2 unspecified atom stereocenters. The molecule has 0 aliphatic carbocycles. The van der Waals surface area contributed by atoms with E-state index in [-0.39, 0.29) is 5.75 Å². The van der Waals surface area contributed by atoms with Crippen LogP contribution in [0, 0.1) is 5.92 Å². The number of phenolic OH excluding ortho intramolecular Hbond substituents is 1. The summed E-state index contributed by atoms with van der Waals surface area (Å²) in [5.74, 6) is 1.49. The molecule has 2 atom stereocenters. The third-order valence-corrected chi connectivity index (χ3v) is 4.53. The second-order valence-electron chi connectivity index (χ2n) is 5.91. The van der Waals surface area contributed by atoms with Crippen LogP contribution in [0.25, 0.3) is 0 Å². The van der Waals surface area contributed by atoms with E-state index in [1.807, 2.05) is 12.1 Å². The topological polar surface area (TPSA) is 44.7 Å². The molecule has 1 fully saturated rings. The molecule has 1 aliphatic heterocycles. The summed E-state index contributed by atoms with van der Waals surface area (Å²) in [6.45, 7) is 8.88. The number of ether oxygens (including phenoxy) is 1. The molecule has 1 aliphatic rings. The van der Waals surface area contributed by atoms with Crippen LogP contribution in [-0.4, -0.2) is 43.3 Å². The lowest BCUT2D eigenvalue weighted by atomic mass is 9.97. The highest BCUT2D eigenvalue weighted by molar-refractivity contribution is 5.42. The number of methoxy groups -OCH3 is 1. The van der Waals surface area contributed by atoms with Crippen LogP contribution in [0.2, 0.25) is 0 Å². The molecular formula is C17H28N2O2. The Morgan fingerprint density at radius 2 is 2.29 bits per heavy atom. The molecule has 1 aromatic rings. The smallest absolute Gasteiger partial charge is 0.160 e. The molecule has 0 aromatic heterocycles. The summed E-state index contributed by atoms with van der Waals surface area (Å²) >= 11 is 0. The molecule has 0 radical (unpaired) electrons. The SMILES string of the molecule is CCN(CC1CCCNC1)C(C)c1ccc(O)c(OC)c1. The normalized spacial score (nSPS) is 20.5. The van der Waals surface area contributed by atoms with Crippen molar-refractivity contribution >= 4 is 0 Å². The van der Waals surface area contributed by atoms with Crippen LogP contribution in [0.4, 0.5) is 0 Å². The molecule has 21 heavy (non-hydrogen) atoms. The van der Waals surface area contributed by atoms with Crippen molar-refractivity contribution in [2.75, 3.05) is 33.3 Å². The molecule has 2 rings (SSSR count). The maximum atomic E-state index is 9.73. The van der Waals surface area contributed by atoms with Gasteiger partial charge in [-0.05, 0) is 63.0 Å². The number of benzene rings is 1. The average molecular weight is 292 g/mol. The van der Waals surface area contributed by atoms with E-state index in [0.717, 1.165) is 32.1 Å². The van der Waals surface area contributed by atoms with Gasteiger partial charge >= 0.3 is 0 Å². The fourth-order valence-electron chi connectivity index (χ4n) is 3.14. The standard InChI is InChI=1S/C17H28N2O2/c1-4-19(12-14-6-5-9-18-11-14)13(2)15-7-8-16(20)17(10-15)21-3/h7-8,10,13-14,18,20H,4-6,9,11-12H2,1-3H3. The number of hydrogen-bond acceptors (Lipinski definition) is 4. The molecule has 0 bridgehead atoms. The predicted molar refractivity (Wildman–Crippen MR) is 85.9 cm³/mol. The van der Waals surface area contributed by atoms with Gasteiger partial charge in [0.1, 0.15) is 0 Å². The third-order valence-electron chi connectivity index (χ3n) is 4.53. The Morgan fingerprint density at radius 3 is 2.90 bits per heavy atom. The van der Waals surface area contributed by atoms with Crippen molar-refractivity contribution in [2.24, 2.45) is 5.92 Å². The van der Waals surface area contributed by atoms with Crippen molar-refractivity contribution in [3.05, 3.63) is 23.8 Å². The largest absolute Gasteiger partial charge is 0.504 e. The van der Waals surface area contributed by atoms with Gasteiger partial charge in [0.15, 0.2) is 11.5 Å². The van der Waals surface area contributed by atoms with Crippen molar-refractivity contribution in [3.63, 3.8) is 0 Å². The summed E-state index contributed by atoms with van der Waals surface area (Å²) in [6, 6.07) is 5.98. The molecule has 1 heterocycles. The summed E-state index contributed by atoms with van der Waals surface area (Å²) in [4.78, 5) is 2.50. The zero-order valence-electron chi connectivity index (χ0n) is 13.4. The summed E-state index contributed by atoms with van der Waals surface area (Å²) in [7, 11) is 1.59. The maximum absolute atomic E-state index is 9.73. The van der Waals surface area contributed by atoms with Crippen LogP contribution >= 0.6 is 0 Å². The van der Waals surface area contributed by atoms with Crippen molar-refractivity contribution in [1.82, 2.24) is 10.2 Å². The fraction of sp³-hybridized carbons (Fsp3) is 0.647. The van der Waals surface area contributed by atoms with E-state index in [4.69, 9.17) is 4.74 Å². The molecule has 1 aromatic carbocycles. The monoisotopic (exact) mass is 292 g/mol. The first-order chi connectivity index (χ1) is 10.2. The minimum absolute atomic E-state index is 0.202. The third kappa shape index (κ3) is 4.11. The zero-order chi connectivity index (χ0) is 15.2. The van der Waals surface area contributed by atoms with Gasteiger partial charge in [-0.3, -0.25) is 4.90 Å². The first kappa shape index (κ1) is 16.1. The van der Waals surface area contributed by atoms with E-state index in [1.165, 1.54) is 18.4 Å². The van der Waals surface area contributed by atoms with Gasteiger partial charge in [-0.1, -0.05) is 13.0 Å². The van der Waals surface area contributed by atoms with E-state index in [0.29, 0.717) is 11.8 Å². The highest BCUT2D eigenvalue weighted by Gasteiger charge is 2.21. The van der Waals surface area contributed by atoms with E-state index in [9.17, 15) is 5.11 Å². The zero-order valence-corrected chi connectivity index (χ0v) is 13.4. The van der Waals surface area contributed by atoms with Gasteiger partial charge in [0.25, 0.3) is 0 Å². The molecule has 2 N–H and O–H groups in total. The van der Waals surface area contributed by atoms with E-state index < -0.39 is 0 Å². The number of piperidine rings is 1. The Labute approximate surface area is 128 Å². The number of rotatable bonds is 6. The van der Waals surface area contributed by atoms with Crippen LogP contribution in [0.5, 0.6) is 11.5 Å². The number of aromatic hydroxyl groups is 1. The average Bonchev–Trinajstić information content (AvgIpc) is 2.53. The van der Waals surface area contributed by atoms with Crippen molar-refractivity contribution < 1.29 is 9.84 Å². The molecule has 118 valence electrons. The predicted octanol–water partition coefficient (Wildman–Crippen LogP) is 2.78. The van der Waals surface area contributed by atoms with Crippen LogP contribution < -0.4 is 10.1 Å². The van der Waals surface area contributed by atoms with Gasteiger partial charge in [0, 0.05) is 12.6 Å². The number of nitrogens with one attached hydrogen (secondary N) is 1. The lowest BCUT2D eigenvalue weighted by Crippen LogP contribution is -2.39. The highest BCUT2D eigenvalue weighted by atomic mass is 16.5. The van der Waals surface area contributed by atoms with Gasteiger partial charge in [0.2, 0.25) is 0 Å². The Kier molecular flexibility index (Phi) is 5.88. The second kappa shape index (κ2) is 7.66. The van der Waals surface area contributed by atoms with E-state index in [2.05, 4.69) is 24.1 Å². The molecule has 0 spiro atoms. The van der Waals surface area contributed by atoms with Crippen molar-refractivity contribution in [1.29, 1.82) is 0 Å². The van der Waals surface area contributed by atoms with Crippen LogP contribution in [0.3, 0.4) is 0 Å². The second-order valence-corrected chi connectivity index (χ2v) is 5.91. The fourth-order valence-corrected chi connectivity index (χ4v) is 3.14. The van der Waals surface area contributed by atoms with Gasteiger partial charge in [-0.25, -0.2) is 0 Å². The van der Waals surface area contributed by atoms with Crippen molar-refractivity contribution in [3.8, 4) is 11.5 Å². The number of phenols is 1. The van der Waals surface area contributed by atoms with Crippen molar-refractivity contribution in [2.45, 2.75) is 32.7 Å². The van der Waals surface area contributed by atoms with Crippen LogP contribution in [0.15, 0.2) is 18.2 Å². The summed E-state index contributed by atoms with van der Waals surface area (Å²) in [5.41, 5.74) is 1.19. The van der Waals surface area contributed by atoms with Crippen LogP contribution in [-0.2, 0) is 0 Å². The summed E-state index contributed by atoms with van der Waals surface area (Å²) in [6.07, 6.45) is 2.60. The first-order valence-electron chi connectivity index (χ1n) is 7.97. The minimum atomic E-state index is 0.202. The Hall–Kier alpha value is -1.26. The Morgan fingerprint density at radius 1 is 1.48 bits per heavy atom. The number of nitrogens with zero attached hydrogens (tertiary/aromatic N) is 1. The van der Waals surface area contributed by atoms with Gasteiger partial charge in [-0.2, -0.15) is 0 Å². The lowest BCUT2D eigenvalue weighted by molar-refractivity contribution is 0.170. The molecular weight excluding hydrogens is 264 g/mol. The lowest BCUT2D eigenvalue weighted by Gasteiger charge is -2.33. The molecule has 0 amide bonds. The van der Waals surface area contributed by atoms with E-state index in [1.54, 1.807) is 13.2 Å².